The lowest BCUT2D eigenvalue weighted by atomic mass is 10.1. The first-order chi connectivity index (χ1) is 9.01. The van der Waals surface area contributed by atoms with Crippen molar-refractivity contribution in [3.63, 3.8) is 0 Å². The van der Waals surface area contributed by atoms with Gasteiger partial charge < -0.3 is 9.64 Å². The molecule has 104 valence electrons. The highest BCUT2D eigenvalue weighted by Gasteiger charge is 2.22. The highest BCUT2D eigenvalue weighted by molar-refractivity contribution is 5.78. The normalized spacial score (nSPS) is 10.1. The third-order valence-electron chi connectivity index (χ3n) is 2.77. The van der Waals surface area contributed by atoms with E-state index in [9.17, 15) is 14.9 Å². The van der Waals surface area contributed by atoms with Crippen LogP contribution >= 0.6 is 0 Å². The molecule has 0 fully saturated rings. The van der Waals surface area contributed by atoms with E-state index >= 15 is 0 Å². The zero-order valence-corrected chi connectivity index (χ0v) is 11.4. The fourth-order valence-electron chi connectivity index (χ4n) is 1.96. The lowest BCUT2D eigenvalue weighted by Crippen LogP contribution is -2.32. The summed E-state index contributed by atoms with van der Waals surface area (Å²) in [6.45, 7) is 4.31. The van der Waals surface area contributed by atoms with Crippen LogP contribution in [0, 0.1) is 17.0 Å². The molecule has 0 aliphatic rings. The molecule has 0 aliphatic carbocycles. The van der Waals surface area contributed by atoms with Gasteiger partial charge in [0.1, 0.15) is 12.2 Å². The average molecular weight is 266 g/mol. The molecule has 0 aliphatic heterocycles. The Kier molecular flexibility index (Phi) is 5.29. The molecule has 6 heteroatoms. The number of hydrogen-bond acceptors (Lipinski definition) is 5. The smallest absolute Gasteiger partial charge is 0.325 e. The lowest BCUT2D eigenvalue weighted by Gasteiger charge is -2.24. The minimum atomic E-state index is -0.428. The van der Waals surface area contributed by atoms with Gasteiger partial charge in [-0.15, -0.1) is 0 Å². The topological polar surface area (TPSA) is 72.7 Å². The predicted molar refractivity (Wildman–Crippen MR) is 72.4 cm³/mol. The van der Waals surface area contributed by atoms with Gasteiger partial charge in [-0.25, -0.2) is 0 Å². The van der Waals surface area contributed by atoms with Gasteiger partial charge in [0.15, 0.2) is 0 Å². The third kappa shape index (κ3) is 3.67. The van der Waals surface area contributed by atoms with Crippen molar-refractivity contribution in [3.8, 4) is 0 Å². The summed E-state index contributed by atoms with van der Waals surface area (Å²) in [5.41, 5.74) is 1.27. The molecule has 0 bridgehead atoms. The maximum absolute atomic E-state index is 11.4. The third-order valence-corrected chi connectivity index (χ3v) is 2.77. The molecule has 1 rings (SSSR count). The summed E-state index contributed by atoms with van der Waals surface area (Å²) >= 11 is 0. The quantitative estimate of drug-likeness (QED) is 0.448. The van der Waals surface area contributed by atoms with Gasteiger partial charge in [0.25, 0.3) is 5.69 Å². The number of aryl methyl sites for hydroxylation is 1. The molecular weight excluding hydrogens is 248 g/mol. The van der Waals surface area contributed by atoms with E-state index in [0.717, 1.165) is 12.0 Å². The monoisotopic (exact) mass is 266 g/mol. The number of nitrogens with zero attached hydrogens (tertiary/aromatic N) is 2. The van der Waals surface area contributed by atoms with Gasteiger partial charge in [-0.2, -0.15) is 0 Å². The number of para-hydroxylation sites is 1. The number of methoxy groups -OCH3 is 1. The highest BCUT2D eigenvalue weighted by Crippen LogP contribution is 2.31. The average Bonchev–Trinajstić information content (AvgIpc) is 2.37. The Morgan fingerprint density at radius 2 is 2.16 bits per heavy atom. The maximum Gasteiger partial charge on any atom is 0.325 e. The number of esters is 1. The van der Waals surface area contributed by atoms with Crippen LogP contribution in [0.5, 0.6) is 0 Å². The number of carbonyl (C=O) groups excluding carboxylic acids is 1. The van der Waals surface area contributed by atoms with Gasteiger partial charge >= 0.3 is 5.97 Å². The van der Waals surface area contributed by atoms with Crippen LogP contribution in [0.3, 0.4) is 0 Å². The molecule has 0 atom stereocenters. The largest absolute Gasteiger partial charge is 0.468 e. The van der Waals surface area contributed by atoms with Crippen LogP contribution < -0.4 is 4.90 Å². The minimum absolute atomic E-state index is 0.00995. The second-order valence-electron chi connectivity index (χ2n) is 4.20. The first-order valence-electron chi connectivity index (χ1n) is 6.07. The van der Waals surface area contributed by atoms with E-state index in [4.69, 9.17) is 0 Å². The van der Waals surface area contributed by atoms with E-state index in [-0.39, 0.29) is 12.2 Å². The SMILES string of the molecule is CCCN(CC(=O)OC)c1c(C)cccc1[N+](=O)[O-]. The van der Waals surface area contributed by atoms with Gasteiger partial charge in [0, 0.05) is 12.6 Å². The van der Waals surface area contributed by atoms with Crippen LogP contribution in [0.2, 0.25) is 0 Å². The maximum atomic E-state index is 11.4. The van der Waals surface area contributed by atoms with Crippen LogP contribution in [0.25, 0.3) is 0 Å². The molecule has 0 saturated heterocycles. The van der Waals surface area contributed by atoms with Gasteiger partial charge in [0.05, 0.1) is 12.0 Å². The van der Waals surface area contributed by atoms with E-state index in [1.165, 1.54) is 13.2 Å². The van der Waals surface area contributed by atoms with E-state index in [1.54, 1.807) is 24.0 Å². The molecular formula is C13H18N2O4. The Bertz CT molecular complexity index is 474. The number of anilines is 1. The number of hydrogen-bond donors (Lipinski definition) is 0. The lowest BCUT2D eigenvalue weighted by molar-refractivity contribution is -0.384. The molecule has 0 N–H and O–H groups in total. The van der Waals surface area contributed by atoms with Crippen molar-refractivity contribution >= 4 is 17.3 Å². The van der Waals surface area contributed by atoms with Crippen LogP contribution in [0.4, 0.5) is 11.4 Å². The summed E-state index contributed by atoms with van der Waals surface area (Å²) in [5.74, 6) is -0.411. The van der Waals surface area contributed by atoms with Crippen LogP contribution in [-0.4, -0.2) is 31.1 Å². The van der Waals surface area contributed by atoms with Crippen molar-refractivity contribution in [2.24, 2.45) is 0 Å². The highest BCUT2D eigenvalue weighted by atomic mass is 16.6. The second-order valence-corrected chi connectivity index (χ2v) is 4.20. The molecule has 19 heavy (non-hydrogen) atoms. The zero-order chi connectivity index (χ0) is 14.4. The Hall–Kier alpha value is -2.11. The van der Waals surface area contributed by atoms with Gasteiger partial charge in [-0.1, -0.05) is 19.1 Å². The molecule has 0 saturated carbocycles. The van der Waals surface area contributed by atoms with E-state index in [2.05, 4.69) is 4.74 Å². The van der Waals surface area contributed by atoms with Gasteiger partial charge in [-0.3, -0.25) is 14.9 Å². The number of rotatable bonds is 6. The summed E-state index contributed by atoms with van der Waals surface area (Å²) in [7, 11) is 1.30. The molecule has 1 aromatic rings. The Balaban J connectivity index is 3.20. The number of nitro benzene ring substituents is 1. The van der Waals surface area contributed by atoms with Crippen molar-refractivity contribution < 1.29 is 14.5 Å². The summed E-state index contributed by atoms with van der Waals surface area (Å²) in [5, 5.41) is 11.1. The fourth-order valence-corrected chi connectivity index (χ4v) is 1.96. The van der Waals surface area contributed by atoms with Crippen molar-refractivity contribution in [1.29, 1.82) is 0 Å². The molecule has 0 unspecified atom stereocenters. The fraction of sp³-hybridized carbons (Fsp3) is 0.462. The molecule has 0 amide bonds. The minimum Gasteiger partial charge on any atom is -0.468 e. The van der Waals surface area contributed by atoms with Crippen LogP contribution in [-0.2, 0) is 9.53 Å². The predicted octanol–water partition coefficient (Wildman–Crippen LogP) is 2.29. The summed E-state index contributed by atoms with van der Waals surface area (Å²) in [4.78, 5) is 23.8. The first kappa shape index (κ1) is 14.9. The van der Waals surface area contributed by atoms with Crippen molar-refractivity contribution in [2.75, 3.05) is 25.1 Å². The number of carbonyl (C=O) groups is 1. The number of nitro groups is 1. The number of benzene rings is 1. The van der Waals surface area contributed by atoms with E-state index in [0.29, 0.717) is 12.2 Å². The molecule has 0 radical (unpaired) electrons. The van der Waals surface area contributed by atoms with Crippen LogP contribution in [0.1, 0.15) is 18.9 Å². The van der Waals surface area contributed by atoms with Gasteiger partial charge in [-0.05, 0) is 18.9 Å². The number of ether oxygens (including phenoxy) is 1. The second kappa shape index (κ2) is 6.72. The Labute approximate surface area is 112 Å². The molecule has 1 aromatic carbocycles. The summed E-state index contributed by atoms with van der Waals surface area (Å²) < 4.78 is 4.64. The van der Waals surface area contributed by atoms with Gasteiger partial charge in [0.2, 0.25) is 0 Å². The Morgan fingerprint density at radius 1 is 1.47 bits per heavy atom. The first-order valence-corrected chi connectivity index (χ1v) is 6.07. The molecule has 0 spiro atoms. The molecule has 0 heterocycles. The van der Waals surface area contributed by atoms with E-state index in [1.807, 2.05) is 6.92 Å². The Morgan fingerprint density at radius 3 is 2.68 bits per heavy atom. The van der Waals surface area contributed by atoms with Crippen LogP contribution in [0.15, 0.2) is 18.2 Å². The van der Waals surface area contributed by atoms with Crippen molar-refractivity contribution in [2.45, 2.75) is 20.3 Å². The van der Waals surface area contributed by atoms with Crippen molar-refractivity contribution in [1.82, 2.24) is 0 Å². The van der Waals surface area contributed by atoms with Crippen molar-refractivity contribution in [3.05, 3.63) is 33.9 Å². The molecule has 0 aromatic heterocycles. The van der Waals surface area contributed by atoms with E-state index < -0.39 is 10.9 Å². The standard InChI is InChI=1S/C13H18N2O4/c1-4-8-14(9-12(16)19-3)13-10(2)6-5-7-11(13)15(17)18/h5-7H,4,8-9H2,1-3H3. The molecule has 6 nitrogen and oxygen atoms in total. The summed E-state index contributed by atoms with van der Waals surface area (Å²) in [6, 6.07) is 4.88. The summed E-state index contributed by atoms with van der Waals surface area (Å²) in [6.07, 6.45) is 0.780. The zero-order valence-electron chi connectivity index (χ0n) is 11.4.